The van der Waals surface area contributed by atoms with Crippen molar-refractivity contribution >= 4 is 28.6 Å². The van der Waals surface area contributed by atoms with Gasteiger partial charge in [0, 0.05) is 11.6 Å². The maximum absolute atomic E-state index is 11.4. The van der Waals surface area contributed by atoms with Gasteiger partial charge in [-0.15, -0.1) is 0 Å². The van der Waals surface area contributed by atoms with Crippen molar-refractivity contribution in [3.63, 3.8) is 0 Å². The van der Waals surface area contributed by atoms with Gasteiger partial charge in [-0.3, -0.25) is 4.79 Å². The average molecular weight is 252 g/mol. The van der Waals surface area contributed by atoms with Crippen molar-refractivity contribution in [1.82, 2.24) is 15.0 Å². The third-order valence-corrected chi connectivity index (χ3v) is 2.31. The fourth-order valence-electron chi connectivity index (χ4n) is 1.48. The number of carbonyl (C=O) groups is 1. The Bertz CT molecular complexity index is 559. The molecule has 0 aliphatic rings. The number of esters is 1. The Balaban J connectivity index is 2.42. The van der Waals surface area contributed by atoms with Crippen LogP contribution >= 0.6 is 11.6 Å². The van der Waals surface area contributed by atoms with Crippen molar-refractivity contribution in [2.75, 3.05) is 6.61 Å². The predicted octanol–water partition coefficient (Wildman–Crippen LogP) is 1.78. The molecule has 0 atom stereocenters. The van der Waals surface area contributed by atoms with Gasteiger partial charge in [0.15, 0.2) is 5.65 Å². The Morgan fingerprint density at radius 2 is 2.29 bits per heavy atom. The monoisotopic (exact) mass is 251 g/mol. The molecule has 0 radical (unpaired) electrons. The summed E-state index contributed by atoms with van der Waals surface area (Å²) >= 11 is 5.77. The van der Waals surface area contributed by atoms with E-state index < -0.39 is 0 Å². The Morgan fingerprint density at radius 3 is 3.06 bits per heavy atom. The Hall–Kier alpha value is -1.75. The van der Waals surface area contributed by atoms with Crippen molar-refractivity contribution in [2.45, 2.75) is 13.3 Å². The minimum Gasteiger partial charge on any atom is -0.466 e. The van der Waals surface area contributed by atoms with Gasteiger partial charge < -0.3 is 4.74 Å². The average Bonchev–Trinajstić information content (AvgIpc) is 2.29. The van der Waals surface area contributed by atoms with Gasteiger partial charge in [-0.2, -0.15) is 4.98 Å². The van der Waals surface area contributed by atoms with Crippen LogP contribution in [0.3, 0.4) is 0 Å². The van der Waals surface area contributed by atoms with E-state index >= 15 is 0 Å². The van der Waals surface area contributed by atoms with Crippen molar-refractivity contribution < 1.29 is 9.53 Å². The predicted molar refractivity (Wildman–Crippen MR) is 62.7 cm³/mol. The first kappa shape index (κ1) is 11.7. The third kappa shape index (κ3) is 2.68. The summed E-state index contributed by atoms with van der Waals surface area (Å²) in [4.78, 5) is 23.5. The van der Waals surface area contributed by atoms with Crippen molar-refractivity contribution in [2.24, 2.45) is 0 Å². The molecule has 0 saturated carbocycles. The first-order valence-corrected chi connectivity index (χ1v) is 5.51. The number of aromatic nitrogens is 3. The molecule has 0 unspecified atom stereocenters. The SMILES string of the molecule is CCOC(=O)Cc1nc(Cl)nc2ncccc12. The second-order valence-corrected chi connectivity index (χ2v) is 3.63. The number of fused-ring (bicyclic) bond motifs is 1. The van der Waals surface area contributed by atoms with Crippen molar-refractivity contribution in [3.05, 3.63) is 29.3 Å². The maximum Gasteiger partial charge on any atom is 0.311 e. The number of pyridine rings is 1. The molecular formula is C11H10ClN3O2. The molecule has 0 aliphatic heterocycles. The van der Waals surface area contributed by atoms with Crippen LogP contribution in [0.5, 0.6) is 0 Å². The molecule has 0 spiro atoms. The van der Waals surface area contributed by atoms with Crippen LogP contribution < -0.4 is 0 Å². The van der Waals surface area contributed by atoms with Gasteiger partial charge in [-0.25, -0.2) is 9.97 Å². The van der Waals surface area contributed by atoms with Crippen LogP contribution in [0.25, 0.3) is 11.0 Å². The van der Waals surface area contributed by atoms with Gasteiger partial charge in [-0.1, -0.05) is 0 Å². The van der Waals surface area contributed by atoms with E-state index in [-0.39, 0.29) is 17.7 Å². The van der Waals surface area contributed by atoms with Crippen LogP contribution in [-0.4, -0.2) is 27.5 Å². The van der Waals surface area contributed by atoms with E-state index in [0.29, 0.717) is 23.3 Å². The Kier molecular flexibility index (Phi) is 3.49. The topological polar surface area (TPSA) is 65.0 Å². The summed E-state index contributed by atoms with van der Waals surface area (Å²) in [6.45, 7) is 2.10. The maximum atomic E-state index is 11.4. The van der Waals surface area contributed by atoms with Gasteiger partial charge in [0.1, 0.15) is 0 Å². The fourth-order valence-corrected chi connectivity index (χ4v) is 1.66. The third-order valence-electron chi connectivity index (χ3n) is 2.14. The summed E-state index contributed by atoms with van der Waals surface area (Å²) in [5.74, 6) is -0.340. The lowest BCUT2D eigenvalue weighted by atomic mass is 10.2. The summed E-state index contributed by atoms with van der Waals surface area (Å²) in [6.07, 6.45) is 1.68. The van der Waals surface area contributed by atoms with Gasteiger partial charge in [0.25, 0.3) is 0 Å². The van der Waals surface area contributed by atoms with Gasteiger partial charge in [0.2, 0.25) is 5.28 Å². The first-order valence-electron chi connectivity index (χ1n) is 5.13. The molecule has 0 bridgehead atoms. The summed E-state index contributed by atoms with van der Waals surface area (Å²) in [5.41, 5.74) is 1.01. The Morgan fingerprint density at radius 1 is 1.47 bits per heavy atom. The lowest BCUT2D eigenvalue weighted by Crippen LogP contribution is -2.10. The zero-order valence-electron chi connectivity index (χ0n) is 9.18. The summed E-state index contributed by atoms with van der Waals surface area (Å²) in [6, 6.07) is 3.56. The van der Waals surface area contributed by atoms with Gasteiger partial charge in [0.05, 0.1) is 18.7 Å². The normalized spacial score (nSPS) is 10.5. The summed E-state index contributed by atoms with van der Waals surface area (Å²) in [5, 5.41) is 0.792. The number of ether oxygens (including phenoxy) is 1. The first-order chi connectivity index (χ1) is 8.20. The fraction of sp³-hybridized carbons (Fsp3) is 0.273. The highest BCUT2D eigenvalue weighted by Gasteiger charge is 2.11. The van der Waals surface area contributed by atoms with E-state index in [2.05, 4.69) is 15.0 Å². The number of carbonyl (C=O) groups excluding carboxylic acids is 1. The van der Waals surface area contributed by atoms with Crippen LogP contribution in [0.4, 0.5) is 0 Å². The molecule has 0 aromatic carbocycles. The molecule has 0 aliphatic carbocycles. The zero-order valence-corrected chi connectivity index (χ0v) is 9.94. The molecule has 0 N–H and O–H groups in total. The molecular weight excluding hydrogens is 242 g/mol. The van der Waals surface area contributed by atoms with Crippen LogP contribution in [0, 0.1) is 0 Å². The highest BCUT2D eigenvalue weighted by atomic mass is 35.5. The highest BCUT2D eigenvalue weighted by Crippen LogP contribution is 2.16. The smallest absolute Gasteiger partial charge is 0.311 e. The second kappa shape index (κ2) is 5.05. The van der Waals surface area contributed by atoms with Crippen molar-refractivity contribution in [3.8, 4) is 0 Å². The van der Waals surface area contributed by atoms with Gasteiger partial charge in [-0.05, 0) is 30.7 Å². The van der Waals surface area contributed by atoms with E-state index in [1.807, 2.05) is 0 Å². The number of nitrogens with zero attached hydrogens (tertiary/aromatic N) is 3. The zero-order chi connectivity index (χ0) is 12.3. The molecule has 2 aromatic heterocycles. The molecule has 0 saturated heterocycles. The number of halogens is 1. The largest absolute Gasteiger partial charge is 0.466 e. The molecule has 6 heteroatoms. The van der Waals surface area contributed by atoms with Crippen LogP contribution in [0.1, 0.15) is 12.6 Å². The minimum absolute atomic E-state index is 0.0677. The standard InChI is InChI=1S/C11H10ClN3O2/c1-2-17-9(16)6-8-7-4-3-5-13-10(7)15-11(12)14-8/h3-5H,2,6H2,1H3. The molecule has 17 heavy (non-hydrogen) atoms. The summed E-state index contributed by atoms with van der Waals surface area (Å²) in [7, 11) is 0. The molecule has 2 aromatic rings. The number of rotatable bonds is 3. The lowest BCUT2D eigenvalue weighted by molar-refractivity contribution is -0.142. The molecule has 5 nitrogen and oxygen atoms in total. The second-order valence-electron chi connectivity index (χ2n) is 3.30. The quantitative estimate of drug-likeness (QED) is 0.615. The van der Waals surface area contributed by atoms with Gasteiger partial charge >= 0.3 is 5.97 Å². The molecule has 2 rings (SSSR count). The molecule has 88 valence electrons. The molecule has 2 heterocycles. The lowest BCUT2D eigenvalue weighted by Gasteiger charge is -2.04. The molecule has 0 fully saturated rings. The van der Waals surface area contributed by atoms with E-state index in [1.165, 1.54) is 0 Å². The molecule has 0 amide bonds. The van der Waals surface area contributed by atoms with Crippen LogP contribution in [0.2, 0.25) is 5.28 Å². The van der Waals surface area contributed by atoms with E-state index in [9.17, 15) is 4.79 Å². The van der Waals surface area contributed by atoms with Crippen LogP contribution in [-0.2, 0) is 16.0 Å². The number of hydrogen-bond donors (Lipinski definition) is 0. The van der Waals surface area contributed by atoms with E-state index in [0.717, 1.165) is 0 Å². The Labute approximate surface area is 103 Å². The minimum atomic E-state index is -0.340. The number of hydrogen-bond acceptors (Lipinski definition) is 5. The van der Waals surface area contributed by atoms with Crippen molar-refractivity contribution in [1.29, 1.82) is 0 Å². The van der Waals surface area contributed by atoms with E-state index in [1.54, 1.807) is 25.3 Å². The highest BCUT2D eigenvalue weighted by molar-refractivity contribution is 6.28. The summed E-state index contributed by atoms with van der Waals surface area (Å²) < 4.78 is 4.87. The van der Waals surface area contributed by atoms with Crippen LogP contribution in [0.15, 0.2) is 18.3 Å². The van der Waals surface area contributed by atoms with E-state index in [4.69, 9.17) is 16.3 Å².